The second-order valence-corrected chi connectivity index (χ2v) is 16.7. The van der Waals surface area contributed by atoms with E-state index in [1.165, 1.54) is 14.0 Å². The molecule has 0 aromatic heterocycles. The number of ketones is 2. The van der Waals surface area contributed by atoms with Crippen molar-refractivity contribution >= 4 is 29.5 Å². The van der Waals surface area contributed by atoms with E-state index in [9.17, 15) is 39.3 Å². The van der Waals surface area contributed by atoms with Gasteiger partial charge < -0.3 is 39.0 Å². The number of carbonyl (C=O) groups excluding carboxylic acids is 5. The third kappa shape index (κ3) is 11.7. The van der Waals surface area contributed by atoms with Gasteiger partial charge in [0.25, 0.3) is 0 Å². The first-order valence-corrected chi connectivity index (χ1v) is 19.8. The molecule has 3 rings (SSSR count). The van der Waals surface area contributed by atoms with Gasteiger partial charge in [0.05, 0.1) is 30.5 Å². The second kappa shape index (κ2) is 20.0. The monoisotopic (exact) mass is 766 g/mol. The van der Waals surface area contributed by atoms with E-state index < -0.39 is 60.1 Å². The standard InChI is InChI=1S/C41H66O13/c1-21(2)36(51-35(47)16-13-29-25(6)39(48)52-40(29)49)38(50-10)32(45)19-31(44)26(7)30(43)14-11-23(4)37-24(5)17-18-41(54-37)20-33(46)27(8)34(53-41)15-12-22(3)28(9)42/h21-24,26-27,30,32-34,36-38,43,45-46H,11-20H2,1-10H3/t22-,23+,24-,26-,27+,30-,32+,33+,34-,36+,37-,38-,41-/m0/s1. The molecule has 2 fully saturated rings. The molecule has 3 aliphatic rings. The zero-order valence-electron chi connectivity index (χ0n) is 34.0. The highest BCUT2D eigenvalue weighted by atomic mass is 16.7. The Morgan fingerprint density at radius 3 is 2.19 bits per heavy atom. The molecule has 2 saturated heterocycles. The van der Waals surface area contributed by atoms with Crippen LogP contribution in [-0.2, 0) is 47.7 Å². The van der Waals surface area contributed by atoms with Crippen LogP contribution in [0.5, 0.6) is 0 Å². The average Bonchev–Trinajstić information content (AvgIpc) is 3.36. The summed E-state index contributed by atoms with van der Waals surface area (Å²) in [5.74, 6) is -4.36. The highest BCUT2D eigenvalue weighted by Crippen LogP contribution is 2.46. The van der Waals surface area contributed by atoms with Gasteiger partial charge in [0.1, 0.15) is 23.8 Å². The summed E-state index contributed by atoms with van der Waals surface area (Å²) < 4.78 is 29.1. The Balaban J connectivity index is 1.55. The zero-order chi connectivity index (χ0) is 40.7. The number of cyclic esters (lactones) is 2. The molecule has 54 heavy (non-hydrogen) atoms. The normalized spacial score (nSPS) is 30.1. The minimum Gasteiger partial charge on any atom is -0.459 e. The molecule has 0 saturated carbocycles. The molecule has 0 bridgehead atoms. The van der Waals surface area contributed by atoms with Crippen molar-refractivity contribution in [2.75, 3.05) is 7.11 Å². The Morgan fingerprint density at radius 1 is 0.944 bits per heavy atom. The maximum Gasteiger partial charge on any atom is 0.342 e. The van der Waals surface area contributed by atoms with E-state index >= 15 is 0 Å². The molecular weight excluding hydrogens is 700 g/mol. The molecule has 308 valence electrons. The fourth-order valence-electron chi connectivity index (χ4n) is 7.96. The molecule has 0 aromatic carbocycles. The maximum atomic E-state index is 13.3. The molecule has 1 spiro atoms. The van der Waals surface area contributed by atoms with Gasteiger partial charge in [-0.15, -0.1) is 0 Å². The first-order chi connectivity index (χ1) is 25.2. The van der Waals surface area contributed by atoms with Gasteiger partial charge in [-0.05, 0) is 70.1 Å². The number of aliphatic hydroxyl groups is 3. The Hall–Kier alpha value is -2.55. The molecule has 3 aliphatic heterocycles. The molecule has 0 unspecified atom stereocenters. The van der Waals surface area contributed by atoms with E-state index in [4.69, 9.17) is 18.9 Å². The number of carbonyl (C=O) groups is 5. The number of methoxy groups -OCH3 is 1. The van der Waals surface area contributed by atoms with Crippen LogP contribution in [0.1, 0.15) is 127 Å². The lowest BCUT2D eigenvalue weighted by Gasteiger charge is -2.52. The lowest BCUT2D eigenvalue weighted by atomic mass is 9.78. The van der Waals surface area contributed by atoms with Crippen molar-refractivity contribution in [3.8, 4) is 0 Å². The lowest BCUT2D eigenvalue weighted by molar-refractivity contribution is -0.351. The highest BCUT2D eigenvalue weighted by Gasteiger charge is 2.50. The summed E-state index contributed by atoms with van der Waals surface area (Å²) in [5.41, 5.74) is 0.271. The van der Waals surface area contributed by atoms with E-state index in [0.717, 1.165) is 6.42 Å². The maximum absolute atomic E-state index is 13.3. The topological polar surface area (TPSA) is 192 Å². The fraction of sp³-hybridized carbons (Fsp3) is 0.829. The SMILES string of the molecule is CO[C@@H]([C@H](O)CC(=O)[C@@H](C)[C@@H](O)CC[C@@H](C)[C@@H]1O[C@@]2(CC[C@@H]1C)C[C@@H](O)[C@@H](C)[C@H](CC[C@H](C)C(C)=O)O2)[C@H](OC(=O)CCC1=C(C)C(=O)OC1=O)C(C)C. The Bertz CT molecular complexity index is 1360. The summed E-state index contributed by atoms with van der Waals surface area (Å²) in [6.45, 7) is 16.3. The number of Topliss-reactive ketones (excluding diaryl/α,β-unsaturated/α-hetero) is 2. The number of rotatable bonds is 20. The first kappa shape index (κ1) is 45.8. The third-order valence-electron chi connectivity index (χ3n) is 12.2. The predicted octanol–water partition coefficient (Wildman–Crippen LogP) is 4.79. The molecule has 13 heteroatoms. The van der Waals surface area contributed by atoms with Crippen molar-refractivity contribution < 1.29 is 63.0 Å². The van der Waals surface area contributed by atoms with Crippen LogP contribution in [0.15, 0.2) is 11.1 Å². The molecule has 13 nitrogen and oxygen atoms in total. The van der Waals surface area contributed by atoms with Crippen molar-refractivity contribution in [1.29, 1.82) is 0 Å². The van der Waals surface area contributed by atoms with Crippen LogP contribution in [0.2, 0.25) is 0 Å². The number of aliphatic hydroxyl groups excluding tert-OH is 3. The van der Waals surface area contributed by atoms with Crippen LogP contribution in [0.3, 0.4) is 0 Å². The summed E-state index contributed by atoms with van der Waals surface area (Å²) in [7, 11) is 1.35. The van der Waals surface area contributed by atoms with Gasteiger partial charge in [-0.2, -0.15) is 0 Å². The molecule has 0 radical (unpaired) electrons. The van der Waals surface area contributed by atoms with Gasteiger partial charge in [-0.1, -0.05) is 48.5 Å². The summed E-state index contributed by atoms with van der Waals surface area (Å²) in [5, 5.41) is 33.3. The Labute approximate surface area is 320 Å². The van der Waals surface area contributed by atoms with Crippen molar-refractivity contribution in [3.63, 3.8) is 0 Å². The first-order valence-electron chi connectivity index (χ1n) is 19.8. The third-order valence-corrected chi connectivity index (χ3v) is 12.2. The molecule has 0 aromatic rings. The van der Waals surface area contributed by atoms with Gasteiger partial charge in [-0.3, -0.25) is 14.4 Å². The van der Waals surface area contributed by atoms with Crippen LogP contribution in [-0.4, -0.2) is 100 Å². The van der Waals surface area contributed by atoms with E-state index in [2.05, 4.69) is 18.6 Å². The summed E-state index contributed by atoms with van der Waals surface area (Å²) >= 11 is 0. The van der Waals surface area contributed by atoms with E-state index in [1.54, 1.807) is 27.7 Å². The molecular formula is C41H66O13. The molecule has 13 atom stereocenters. The van der Waals surface area contributed by atoms with E-state index in [1.807, 2.05) is 13.8 Å². The lowest BCUT2D eigenvalue weighted by Crippen LogP contribution is -2.57. The number of ether oxygens (including phenoxy) is 5. The van der Waals surface area contributed by atoms with Gasteiger partial charge in [0.15, 0.2) is 5.79 Å². The number of esters is 3. The number of hydrogen-bond donors (Lipinski definition) is 3. The van der Waals surface area contributed by atoms with Crippen LogP contribution < -0.4 is 0 Å². The summed E-state index contributed by atoms with van der Waals surface area (Å²) in [6.07, 6.45) is -1.76. The quantitative estimate of drug-likeness (QED) is 0.113. The summed E-state index contributed by atoms with van der Waals surface area (Å²) in [6, 6.07) is 0. The number of hydrogen-bond acceptors (Lipinski definition) is 13. The van der Waals surface area contributed by atoms with Crippen molar-refractivity contribution in [2.45, 2.75) is 175 Å². The highest BCUT2D eigenvalue weighted by molar-refractivity contribution is 6.12. The molecule has 3 N–H and O–H groups in total. The van der Waals surface area contributed by atoms with Crippen LogP contribution >= 0.6 is 0 Å². The van der Waals surface area contributed by atoms with Gasteiger partial charge in [0.2, 0.25) is 0 Å². The van der Waals surface area contributed by atoms with Crippen molar-refractivity contribution in [1.82, 2.24) is 0 Å². The fourth-order valence-corrected chi connectivity index (χ4v) is 7.96. The zero-order valence-corrected chi connectivity index (χ0v) is 34.0. The average molecular weight is 767 g/mol. The molecule has 0 aliphatic carbocycles. The minimum atomic E-state index is -1.33. The van der Waals surface area contributed by atoms with E-state index in [-0.39, 0.29) is 83.8 Å². The largest absolute Gasteiger partial charge is 0.459 e. The van der Waals surface area contributed by atoms with Gasteiger partial charge >= 0.3 is 17.9 Å². The van der Waals surface area contributed by atoms with Gasteiger partial charge in [-0.25, -0.2) is 9.59 Å². The van der Waals surface area contributed by atoms with Crippen molar-refractivity contribution in [3.05, 3.63) is 11.1 Å². The predicted molar refractivity (Wildman–Crippen MR) is 197 cm³/mol. The molecule has 3 heterocycles. The van der Waals surface area contributed by atoms with Crippen LogP contribution in [0.25, 0.3) is 0 Å². The molecule has 0 amide bonds. The minimum absolute atomic E-state index is 0.00959. The van der Waals surface area contributed by atoms with Gasteiger partial charge in [0, 0.05) is 61.7 Å². The van der Waals surface area contributed by atoms with E-state index in [0.29, 0.717) is 38.5 Å². The Morgan fingerprint density at radius 2 is 1.61 bits per heavy atom. The van der Waals surface area contributed by atoms with Crippen LogP contribution in [0.4, 0.5) is 0 Å². The summed E-state index contributed by atoms with van der Waals surface area (Å²) in [4.78, 5) is 61.5. The smallest absolute Gasteiger partial charge is 0.342 e. The van der Waals surface area contributed by atoms with Crippen LogP contribution in [0, 0.1) is 35.5 Å². The second-order valence-electron chi connectivity index (χ2n) is 16.7. The Kier molecular flexibility index (Phi) is 17.0. The van der Waals surface area contributed by atoms with Crippen molar-refractivity contribution in [2.24, 2.45) is 35.5 Å².